The minimum Gasteiger partial charge on any atom is -0.456 e. The van der Waals surface area contributed by atoms with Crippen molar-refractivity contribution in [1.29, 1.82) is 0 Å². The third-order valence-corrected chi connectivity index (χ3v) is 15.7. The molecule has 9 aromatic carbocycles. The fourth-order valence-corrected chi connectivity index (χ4v) is 13.4. The summed E-state index contributed by atoms with van der Waals surface area (Å²) in [6.45, 7) is 0. The van der Waals surface area contributed by atoms with E-state index >= 15 is 0 Å². The highest BCUT2D eigenvalue weighted by Gasteiger charge is 2.51. The predicted octanol–water partition coefficient (Wildman–Crippen LogP) is 17.1. The van der Waals surface area contributed by atoms with Crippen LogP contribution >= 0.6 is 0 Å². The van der Waals surface area contributed by atoms with Gasteiger partial charge in [0.25, 0.3) is 0 Å². The van der Waals surface area contributed by atoms with E-state index in [1.54, 1.807) is 5.56 Å². The van der Waals surface area contributed by atoms with Crippen molar-refractivity contribution in [3.8, 4) is 27.9 Å². The fourth-order valence-electron chi connectivity index (χ4n) is 13.4. The Kier molecular flexibility index (Phi) is 8.17. The van der Waals surface area contributed by atoms with Gasteiger partial charge in [-0.15, -0.1) is 0 Å². The monoisotopic (exact) mass is 836 g/mol. The molecule has 65 heavy (non-hydrogen) atoms. The lowest BCUT2D eigenvalue weighted by Gasteiger charge is -2.57. The summed E-state index contributed by atoms with van der Waals surface area (Å²) in [5.41, 5.74) is 15.4. The smallest absolute Gasteiger partial charge is 0.137 e. The Balaban J connectivity index is 0.949. The summed E-state index contributed by atoms with van der Waals surface area (Å²) in [5.74, 6) is 2.72. The van der Waals surface area contributed by atoms with Crippen molar-refractivity contribution in [2.75, 3.05) is 4.90 Å². The molecule has 312 valence electrons. The number of hydrogen-bond donors (Lipinski definition) is 0. The summed E-state index contributed by atoms with van der Waals surface area (Å²) in [6, 6.07) is 73.8. The minimum absolute atomic E-state index is 0.336. The molecule has 0 radical (unpaired) electrons. The summed E-state index contributed by atoms with van der Waals surface area (Å²) < 4.78 is 9.23. The SMILES string of the molecule is c1ccc(-c2cccc3cccc(-c4cccc(N(c5ccc6c(c5)oc5ccc(C78CC9CC(CC(C9)C7)C8)cc56)c5ccc6c(c5)c5ccccc5n6-c5ccccc5)c4)c23)cc1. The van der Waals surface area contributed by atoms with E-state index in [1.807, 2.05) is 0 Å². The van der Waals surface area contributed by atoms with Crippen LogP contribution in [0.1, 0.15) is 44.1 Å². The van der Waals surface area contributed by atoms with Crippen LogP contribution in [0.25, 0.3) is 82.5 Å². The van der Waals surface area contributed by atoms with Crippen molar-refractivity contribution in [1.82, 2.24) is 4.57 Å². The van der Waals surface area contributed by atoms with Crippen LogP contribution in [0.3, 0.4) is 0 Å². The lowest BCUT2D eigenvalue weighted by molar-refractivity contribution is -0.00513. The maximum Gasteiger partial charge on any atom is 0.137 e. The van der Waals surface area contributed by atoms with Crippen molar-refractivity contribution in [2.24, 2.45) is 17.8 Å². The molecule has 0 aliphatic heterocycles. The minimum atomic E-state index is 0.336. The number of rotatable bonds is 7. The van der Waals surface area contributed by atoms with E-state index in [0.717, 1.165) is 51.7 Å². The summed E-state index contributed by atoms with van der Waals surface area (Å²) in [6.07, 6.45) is 8.45. The molecule has 0 saturated heterocycles. The van der Waals surface area contributed by atoms with E-state index in [-0.39, 0.29) is 0 Å². The molecule has 0 spiro atoms. The molecule has 2 heterocycles. The van der Waals surface area contributed by atoms with Crippen molar-refractivity contribution in [3.63, 3.8) is 0 Å². The van der Waals surface area contributed by atoms with Gasteiger partial charge < -0.3 is 13.9 Å². The quantitative estimate of drug-likeness (QED) is 0.159. The maximum atomic E-state index is 6.84. The Morgan fingerprint density at radius 3 is 1.85 bits per heavy atom. The Bertz CT molecular complexity index is 3610. The Morgan fingerprint density at radius 2 is 1.06 bits per heavy atom. The van der Waals surface area contributed by atoms with Gasteiger partial charge in [-0.25, -0.2) is 0 Å². The van der Waals surface area contributed by atoms with Crippen LogP contribution in [-0.2, 0) is 5.41 Å². The Hall–Kier alpha value is -7.36. The Labute approximate surface area is 379 Å². The van der Waals surface area contributed by atoms with E-state index in [0.29, 0.717) is 5.41 Å². The number of benzene rings is 9. The molecule has 4 fully saturated rings. The first-order valence-electron chi connectivity index (χ1n) is 23.7. The van der Waals surface area contributed by atoms with E-state index in [4.69, 9.17) is 4.42 Å². The number of para-hydroxylation sites is 2. The fraction of sp³-hybridized carbons (Fsp3) is 0.161. The zero-order valence-corrected chi connectivity index (χ0v) is 36.3. The van der Waals surface area contributed by atoms with Gasteiger partial charge in [-0.1, -0.05) is 121 Å². The molecule has 0 amide bonds. The van der Waals surface area contributed by atoms with Crippen LogP contribution < -0.4 is 4.90 Å². The lowest BCUT2D eigenvalue weighted by atomic mass is 9.48. The van der Waals surface area contributed by atoms with Crippen LogP contribution in [0.15, 0.2) is 205 Å². The van der Waals surface area contributed by atoms with Gasteiger partial charge in [0, 0.05) is 50.4 Å². The first kappa shape index (κ1) is 37.1. The second-order valence-corrected chi connectivity index (χ2v) is 19.5. The molecule has 0 unspecified atom stereocenters. The predicted molar refractivity (Wildman–Crippen MR) is 271 cm³/mol. The standard InChI is InChI=1S/C62H48N2O/c1-3-12-43(13-4-1)51-21-10-14-44-15-11-22-52(61(44)51)45-16-9-19-48(33-45)63(49-26-28-58-55(35-49)53-20-7-8-23-57(53)64(58)47-17-5-2-6-18-47)50-25-27-54-56-34-46(24-29-59(56)65-60(54)36-50)62-37-40-30-41(38-62)32-42(31-40)39-62/h1-29,33-36,40-42H,30-32,37-39H2. The number of anilines is 3. The number of aromatic nitrogens is 1. The molecular weight excluding hydrogens is 789 g/mol. The van der Waals surface area contributed by atoms with Gasteiger partial charge in [0.2, 0.25) is 0 Å². The molecule has 0 N–H and O–H groups in total. The van der Waals surface area contributed by atoms with E-state index in [1.165, 1.54) is 104 Å². The third kappa shape index (κ3) is 5.88. The molecule has 4 aliphatic carbocycles. The second-order valence-electron chi connectivity index (χ2n) is 19.5. The summed E-state index contributed by atoms with van der Waals surface area (Å²) in [4.78, 5) is 2.42. The highest BCUT2D eigenvalue weighted by molar-refractivity contribution is 6.12. The van der Waals surface area contributed by atoms with Gasteiger partial charge in [-0.05, 0) is 173 Å². The number of hydrogen-bond acceptors (Lipinski definition) is 2. The normalized spacial score (nSPS) is 20.2. The summed E-state index contributed by atoms with van der Waals surface area (Å²) >= 11 is 0. The van der Waals surface area contributed by atoms with Gasteiger partial charge in [0.1, 0.15) is 11.2 Å². The lowest BCUT2D eigenvalue weighted by Crippen LogP contribution is -2.48. The molecule has 3 nitrogen and oxygen atoms in total. The van der Waals surface area contributed by atoms with E-state index < -0.39 is 0 Å². The zero-order valence-electron chi connectivity index (χ0n) is 36.3. The van der Waals surface area contributed by atoms with Crippen molar-refractivity contribution in [2.45, 2.75) is 43.9 Å². The molecule has 4 bridgehead atoms. The van der Waals surface area contributed by atoms with E-state index in [9.17, 15) is 0 Å². The molecule has 3 heteroatoms. The zero-order chi connectivity index (χ0) is 42.6. The van der Waals surface area contributed by atoms with Crippen LogP contribution in [0.2, 0.25) is 0 Å². The molecule has 0 atom stereocenters. The van der Waals surface area contributed by atoms with Crippen LogP contribution in [0.5, 0.6) is 0 Å². The van der Waals surface area contributed by atoms with Gasteiger partial charge in [-0.2, -0.15) is 0 Å². The van der Waals surface area contributed by atoms with Crippen molar-refractivity contribution < 1.29 is 4.42 Å². The molecule has 4 aliphatic rings. The highest BCUT2D eigenvalue weighted by Crippen LogP contribution is 2.61. The molecule has 2 aromatic heterocycles. The molecule has 11 aromatic rings. The van der Waals surface area contributed by atoms with Crippen molar-refractivity contribution >= 4 is 71.6 Å². The third-order valence-electron chi connectivity index (χ3n) is 15.7. The maximum absolute atomic E-state index is 6.84. The van der Waals surface area contributed by atoms with Gasteiger partial charge in [0.05, 0.1) is 11.0 Å². The average Bonchev–Trinajstić information content (AvgIpc) is 3.89. The number of nitrogens with zero attached hydrogens (tertiary/aromatic N) is 2. The van der Waals surface area contributed by atoms with Crippen LogP contribution in [-0.4, -0.2) is 4.57 Å². The molecular formula is C62H48N2O. The average molecular weight is 837 g/mol. The molecule has 4 saturated carbocycles. The Morgan fingerprint density at radius 1 is 0.431 bits per heavy atom. The summed E-state index contributed by atoms with van der Waals surface area (Å²) in [7, 11) is 0. The van der Waals surface area contributed by atoms with Crippen molar-refractivity contribution in [3.05, 3.63) is 206 Å². The van der Waals surface area contributed by atoms with Crippen LogP contribution in [0, 0.1) is 17.8 Å². The second kappa shape index (κ2) is 14.3. The molecule has 15 rings (SSSR count). The van der Waals surface area contributed by atoms with Gasteiger partial charge in [-0.3, -0.25) is 0 Å². The van der Waals surface area contributed by atoms with E-state index in [2.05, 4.69) is 210 Å². The number of furan rings is 1. The van der Waals surface area contributed by atoms with Crippen LogP contribution in [0.4, 0.5) is 17.1 Å². The number of fused-ring (bicyclic) bond motifs is 7. The topological polar surface area (TPSA) is 21.3 Å². The first-order chi connectivity index (χ1) is 32.1. The van der Waals surface area contributed by atoms with Gasteiger partial charge >= 0.3 is 0 Å². The summed E-state index contributed by atoms with van der Waals surface area (Å²) in [5, 5.41) is 7.37. The first-order valence-corrected chi connectivity index (χ1v) is 23.7. The largest absolute Gasteiger partial charge is 0.456 e. The highest BCUT2D eigenvalue weighted by atomic mass is 16.3. The van der Waals surface area contributed by atoms with Gasteiger partial charge in [0.15, 0.2) is 0 Å².